The Kier molecular flexibility index (Phi) is 4.46. The van der Waals surface area contributed by atoms with Crippen LogP contribution in [0.4, 0.5) is 15.8 Å². The molecule has 0 radical (unpaired) electrons. The lowest BCUT2D eigenvalue weighted by atomic mass is 9.97. The number of amides is 1. The zero-order valence-electron chi connectivity index (χ0n) is 13.0. The van der Waals surface area contributed by atoms with Crippen LogP contribution in [-0.2, 0) is 6.42 Å². The summed E-state index contributed by atoms with van der Waals surface area (Å²) in [5.41, 5.74) is 3.14. The fourth-order valence-electron chi connectivity index (χ4n) is 2.79. The molecule has 1 amide bonds. The van der Waals surface area contributed by atoms with E-state index in [1.165, 1.54) is 18.2 Å². The maximum atomic E-state index is 13.4. The van der Waals surface area contributed by atoms with E-state index in [9.17, 15) is 9.18 Å². The van der Waals surface area contributed by atoms with Crippen molar-refractivity contribution in [3.8, 4) is 5.75 Å². The van der Waals surface area contributed by atoms with Gasteiger partial charge in [-0.25, -0.2) is 4.39 Å². The maximum Gasteiger partial charge on any atom is 0.256 e. The van der Waals surface area contributed by atoms with Crippen molar-refractivity contribution in [2.45, 2.75) is 19.8 Å². The number of hydrogen-bond donors (Lipinski definition) is 2. The fourth-order valence-corrected chi connectivity index (χ4v) is 2.79. The smallest absolute Gasteiger partial charge is 0.256 e. The predicted molar refractivity (Wildman–Crippen MR) is 88.8 cm³/mol. The molecule has 0 saturated carbocycles. The molecule has 5 heteroatoms. The molecule has 0 atom stereocenters. The summed E-state index contributed by atoms with van der Waals surface area (Å²) >= 11 is 0. The van der Waals surface area contributed by atoms with Crippen LogP contribution in [0.25, 0.3) is 0 Å². The Morgan fingerprint density at radius 3 is 3.04 bits per heavy atom. The van der Waals surface area contributed by atoms with E-state index in [1.54, 1.807) is 0 Å². The van der Waals surface area contributed by atoms with Crippen molar-refractivity contribution >= 4 is 17.3 Å². The Labute approximate surface area is 134 Å². The largest absolute Gasteiger partial charge is 0.492 e. The second-order valence-electron chi connectivity index (χ2n) is 5.39. The van der Waals surface area contributed by atoms with Crippen molar-refractivity contribution < 1.29 is 13.9 Å². The minimum Gasteiger partial charge on any atom is -0.492 e. The Bertz CT molecular complexity index is 731. The van der Waals surface area contributed by atoms with Crippen molar-refractivity contribution in [2.75, 3.05) is 23.8 Å². The highest BCUT2D eigenvalue weighted by Gasteiger charge is 2.18. The zero-order valence-corrected chi connectivity index (χ0v) is 13.0. The quantitative estimate of drug-likeness (QED) is 0.901. The molecule has 0 fully saturated rings. The first kappa shape index (κ1) is 15.3. The van der Waals surface area contributed by atoms with Crippen molar-refractivity contribution in [1.82, 2.24) is 0 Å². The number of fused-ring (bicyclic) bond motifs is 1. The molecule has 0 aromatic heterocycles. The van der Waals surface area contributed by atoms with E-state index in [4.69, 9.17) is 4.74 Å². The molecule has 0 spiro atoms. The van der Waals surface area contributed by atoms with E-state index in [-0.39, 0.29) is 5.91 Å². The number of nitrogens with one attached hydrogen (secondary N) is 2. The van der Waals surface area contributed by atoms with Crippen LogP contribution < -0.4 is 15.4 Å². The second-order valence-corrected chi connectivity index (χ2v) is 5.39. The summed E-state index contributed by atoms with van der Waals surface area (Å²) in [5.74, 6) is -0.269. The topological polar surface area (TPSA) is 50.4 Å². The number of anilines is 2. The van der Waals surface area contributed by atoms with E-state index in [2.05, 4.69) is 10.6 Å². The zero-order chi connectivity index (χ0) is 16.2. The van der Waals surface area contributed by atoms with Crippen LogP contribution in [0.5, 0.6) is 5.75 Å². The third kappa shape index (κ3) is 3.28. The van der Waals surface area contributed by atoms with Crippen molar-refractivity contribution in [2.24, 2.45) is 0 Å². The molecule has 4 nitrogen and oxygen atoms in total. The molecule has 1 aliphatic heterocycles. The van der Waals surface area contributed by atoms with Gasteiger partial charge in [-0.3, -0.25) is 4.79 Å². The fraction of sp³-hybridized carbons (Fsp3) is 0.278. The van der Waals surface area contributed by atoms with Gasteiger partial charge in [-0.15, -0.1) is 0 Å². The van der Waals surface area contributed by atoms with Gasteiger partial charge in [-0.1, -0.05) is 6.07 Å². The first-order valence-electron chi connectivity index (χ1n) is 7.78. The lowest BCUT2D eigenvalue weighted by molar-refractivity contribution is 0.102. The van der Waals surface area contributed by atoms with E-state index in [0.29, 0.717) is 23.6 Å². The Hall–Kier alpha value is -2.56. The van der Waals surface area contributed by atoms with Crippen molar-refractivity contribution in [3.05, 3.63) is 53.3 Å². The third-order valence-corrected chi connectivity index (χ3v) is 3.83. The molecule has 2 aromatic carbocycles. The minimum absolute atomic E-state index is 0.210. The van der Waals surface area contributed by atoms with Crippen molar-refractivity contribution in [3.63, 3.8) is 0 Å². The van der Waals surface area contributed by atoms with Gasteiger partial charge in [0.1, 0.15) is 11.6 Å². The number of hydrogen-bond acceptors (Lipinski definition) is 3. The van der Waals surface area contributed by atoms with E-state index in [0.717, 1.165) is 30.6 Å². The molecular formula is C18H19FN2O2. The molecule has 0 bridgehead atoms. The third-order valence-electron chi connectivity index (χ3n) is 3.83. The maximum absolute atomic E-state index is 13.4. The Balaban J connectivity index is 1.88. The molecule has 23 heavy (non-hydrogen) atoms. The summed E-state index contributed by atoms with van der Waals surface area (Å²) in [5, 5.41) is 6.14. The lowest BCUT2D eigenvalue weighted by Gasteiger charge is -2.21. The summed E-state index contributed by atoms with van der Waals surface area (Å²) in [7, 11) is 0. The van der Waals surface area contributed by atoms with E-state index >= 15 is 0 Å². The molecule has 0 saturated heterocycles. The van der Waals surface area contributed by atoms with Crippen LogP contribution in [0, 0.1) is 5.82 Å². The monoisotopic (exact) mass is 314 g/mol. The van der Waals surface area contributed by atoms with Crippen LogP contribution >= 0.6 is 0 Å². The van der Waals surface area contributed by atoms with Gasteiger partial charge in [0.15, 0.2) is 0 Å². The number of ether oxygens (including phenoxy) is 1. The lowest BCUT2D eigenvalue weighted by Crippen LogP contribution is -2.19. The molecular weight excluding hydrogens is 295 g/mol. The van der Waals surface area contributed by atoms with Gasteiger partial charge < -0.3 is 15.4 Å². The van der Waals surface area contributed by atoms with E-state index in [1.807, 2.05) is 25.1 Å². The first-order chi connectivity index (χ1) is 11.2. The Morgan fingerprint density at radius 2 is 2.22 bits per heavy atom. The number of halogens is 1. The SMILES string of the molecule is CCOc1cc(F)ccc1NC(=O)c1cccc2c1CCCN2. The summed E-state index contributed by atoms with van der Waals surface area (Å²) in [6, 6.07) is 9.76. The molecule has 0 aliphatic carbocycles. The van der Waals surface area contributed by atoms with Crippen LogP contribution in [0.3, 0.4) is 0 Å². The number of carbonyl (C=O) groups excluding carboxylic acids is 1. The highest BCUT2D eigenvalue weighted by Crippen LogP contribution is 2.29. The molecule has 3 rings (SSSR count). The molecule has 0 unspecified atom stereocenters. The van der Waals surface area contributed by atoms with Gasteiger partial charge in [0, 0.05) is 23.9 Å². The average molecular weight is 314 g/mol. The van der Waals surface area contributed by atoms with Gasteiger partial charge in [-0.05, 0) is 49.6 Å². The van der Waals surface area contributed by atoms with Gasteiger partial charge in [0.25, 0.3) is 5.91 Å². The minimum atomic E-state index is -0.396. The molecule has 2 aromatic rings. The summed E-state index contributed by atoms with van der Waals surface area (Å²) in [4.78, 5) is 12.6. The van der Waals surface area contributed by atoms with Gasteiger partial charge in [0.2, 0.25) is 0 Å². The van der Waals surface area contributed by atoms with Gasteiger partial charge >= 0.3 is 0 Å². The number of rotatable bonds is 4. The van der Waals surface area contributed by atoms with Crippen molar-refractivity contribution in [1.29, 1.82) is 0 Å². The summed E-state index contributed by atoms with van der Waals surface area (Å²) in [6.07, 6.45) is 1.87. The second kappa shape index (κ2) is 6.69. The molecule has 1 heterocycles. The molecule has 2 N–H and O–H groups in total. The van der Waals surface area contributed by atoms with Crippen LogP contribution in [-0.4, -0.2) is 19.1 Å². The number of carbonyl (C=O) groups is 1. The van der Waals surface area contributed by atoms with Crippen LogP contribution in [0.15, 0.2) is 36.4 Å². The predicted octanol–water partition coefficient (Wildman–Crippen LogP) is 3.83. The standard InChI is InChI=1S/C18H19FN2O2/c1-2-23-17-11-12(19)8-9-16(17)21-18(22)14-5-3-7-15-13(14)6-4-10-20-15/h3,5,7-9,11,20H,2,4,6,10H2,1H3,(H,21,22). The summed E-state index contributed by atoms with van der Waals surface area (Å²) in [6.45, 7) is 3.14. The highest BCUT2D eigenvalue weighted by molar-refractivity contribution is 6.07. The molecule has 1 aliphatic rings. The highest BCUT2D eigenvalue weighted by atomic mass is 19.1. The Morgan fingerprint density at radius 1 is 1.35 bits per heavy atom. The number of benzene rings is 2. The van der Waals surface area contributed by atoms with E-state index < -0.39 is 5.82 Å². The normalized spacial score (nSPS) is 13.0. The average Bonchev–Trinajstić information content (AvgIpc) is 2.57. The summed E-state index contributed by atoms with van der Waals surface area (Å²) < 4.78 is 18.8. The molecule has 120 valence electrons. The first-order valence-corrected chi connectivity index (χ1v) is 7.78. The van der Waals surface area contributed by atoms with Crippen LogP contribution in [0.2, 0.25) is 0 Å². The van der Waals surface area contributed by atoms with Gasteiger partial charge in [0.05, 0.1) is 12.3 Å². The van der Waals surface area contributed by atoms with Crippen LogP contribution in [0.1, 0.15) is 29.3 Å². The van der Waals surface area contributed by atoms with Gasteiger partial charge in [-0.2, -0.15) is 0 Å².